The largest absolute Gasteiger partial charge is 0.392 e. The second-order valence-corrected chi connectivity index (χ2v) is 3.98. The SMILES string of the molecule is C[C@@H](O)CNc1ccc(I)cc1. The second kappa shape index (κ2) is 4.67. The van der Waals surface area contributed by atoms with E-state index in [-0.39, 0.29) is 6.10 Å². The van der Waals surface area contributed by atoms with Crippen molar-refractivity contribution in [2.24, 2.45) is 0 Å². The minimum Gasteiger partial charge on any atom is -0.392 e. The molecule has 2 nitrogen and oxygen atoms in total. The molecule has 0 unspecified atom stereocenters. The first-order valence-electron chi connectivity index (χ1n) is 3.86. The van der Waals surface area contributed by atoms with Crippen LogP contribution in [0.25, 0.3) is 0 Å². The lowest BCUT2D eigenvalue weighted by Crippen LogP contribution is -2.15. The Kier molecular flexibility index (Phi) is 3.81. The molecule has 0 aliphatic carbocycles. The molecule has 12 heavy (non-hydrogen) atoms. The third-order valence-electron chi connectivity index (χ3n) is 1.45. The zero-order chi connectivity index (χ0) is 8.97. The van der Waals surface area contributed by atoms with Crippen LogP contribution in [-0.2, 0) is 0 Å². The fourth-order valence-corrected chi connectivity index (χ4v) is 1.19. The molecule has 0 aliphatic rings. The minimum absolute atomic E-state index is 0.302. The fraction of sp³-hybridized carbons (Fsp3) is 0.333. The van der Waals surface area contributed by atoms with Gasteiger partial charge in [0.25, 0.3) is 0 Å². The van der Waals surface area contributed by atoms with E-state index >= 15 is 0 Å². The number of aliphatic hydroxyl groups is 1. The first kappa shape index (κ1) is 9.80. The van der Waals surface area contributed by atoms with Gasteiger partial charge in [-0.3, -0.25) is 0 Å². The Hall–Kier alpha value is -0.290. The van der Waals surface area contributed by atoms with Gasteiger partial charge in [-0.25, -0.2) is 0 Å². The Morgan fingerprint density at radius 2 is 2.00 bits per heavy atom. The number of aliphatic hydroxyl groups excluding tert-OH is 1. The Morgan fingerprint density at radius 3 is 2.50 bits per heavy atom. The van der Waals surface area contributed by atoms with Gasteiger partial charge >= 0.3 is 0 Å². The summed E-state index contributed by atoms with van der Waals surface area (Å²) >= 11 is 2.26. The Labute approximate surface area is 86.1 Å². The van der Waals surface area contributed by atoms with Crippen LogP contribution in [0.1, 0.15) is 6.92 Å². The maximum atomic E-state index is 9.00. The van der Waals surface area contributed by atoms with Gasteiger partial charge in [-0.15, -0.1) is 0 Å². The standard InChI is InChI=1S/C9H12INO/c1-7(12)6-11-9-4-2-8(10)3-5-9/h2-5,7,11-12H,6H2,1H3/t7-/m1/s1. The maximum Gasteiger partial charge on any atom is 0.0684 e. The van der Waals surface area contributed by atoms with Crippen LogP contribution in [0.15, 0.2) is 24.3 Å². The van der Waals surface area contributed by atoms with Crippen molar-refractivity contribution in [2.75, 3.05) is 11.9 Å². The summed E-state index contributed by atoms with van der Waals surface area (Å²) in [6, 6.07) is 8.07. The van der Waals surface area contributed by atoms with E-state index < -0.39 is 0 Å². The highest BCUT2D eigenvalue weighted by molar-refractivity contribution is 14.1. The first-order chi connectivity index (χ1) is 5.68. The van der Waals surface area contributed by atoms with Gasteiger partial charge in [0.2, 0.25) is 0 Å². The third kappa shape index (κ3) is 3.40. The van der Waals surface area contributed by atoms with Gasteiger partial charge in [-0.05, 0) is 53.8 Å². The summed E-state index contributed by atoms with van der Waals surface area (Å²) in [5.74, 6) is 0. The summed E-state index contributed by atoms with van der Waals surface area (Å²) in [6.45, 7) is 2.36. The molecule has 1 aromatic carbocycles. The lowest BCUT2D eigenvalue weighted by Gasteiger charge is -2.07. The zero-order valence-corrected chi connectivity index (χ0v) is 9.08. The van der Waals surface area contributed by atoms with Gasteiger partial charge in [0.15, 0.2) is 0 Å². The molecule has 2 N–H and O–H groups in total. The highest BCUT2D eigenvalue weighted by Crippen LogP contribution is 2.10. The molecule has 0 saturated carbocycles. The minimum atomic E-state index is -0.302. The normalized spacial score (nSPS) is 12.6. The molecule has 66 valence electrons. The smallest absolute Gasteiger partial charge is 0.0684 e. The molecule has 0 amide bonds. The Bertz CT molecular complexity index is 233. The molecule has 0 fully saturated rings. The van der Waals surface area contributed by atoms with Gasteiger partial charge in [-0.2, -0.15) is 0 Å². The van der Waals surface area contributed by atoms with Gasteiger partial charge in [0, 0.05) is 15.8 Å². The molecule has 1 atom stereocenters. The van der Waals surface area contributed by atoms with E-state index in [4.69, 9.17) is 5.11 Å². The predicted octanol–water partition coefficient (Wildman–Crippen LogP) is 2.08. The number of rotatable bonds is 3. The van der Waals surface area contributed by atoms with Crippen LogP contribution >= 0.6 is 22.6 Å². The molecule has 0 aliphatic heterocycles. The fourth-order valence-electron chi connectivity index (χ4n) is 0.833. The average Bonchev–Trinajstić information content (AvgIpc) is 2.03. The van der Waals surface area contributed by atoms with Crippen LogP contribution in [-0.4, -0.2) is 17.8 Å². The maximum absolute atomic E-state index is 9.00. The monoisotopic (exact) mass is 277 g/mol. The molecule has 0 bridgehead atoms. The van der Waals surface area contributed by atoms with Crippen LogP contribution in [0.5, 0.6) is 0 Å². The van der Waals surface area contributed by atoms with Crippen molar-refractivity contribution in [3.63, 3.8) is 0 Å². The predicted molar refractivity (Wildman–Crippen MR) is 59.3 cm³/mol. The first-order valence-corrected chi connectivity index (χ1v) is 4.94. The van der Waals surface area contributed by atoms with E-state index in [0.717, 1.165) is 5.69 Å². The van der Waals surface area contributed by atoms with E-state index in [2.05, 4.69) is 27.9 Å². The average molecular weight is 277 g/mol. The molecule has 0 heterocycles. The summed E-state index contributed by atoms with van der Waals surface area (Å²) in [5.41, 5.74) is 1.05. The van der Waals surface area contributed by atoms with E-state index in [1.165, 1.54) is 3.57 Å². The van der Waals surface area contributed by atoms with Gasteiger partial charge in [0.05, 0.1) is 6.10 Å². The van der Waals surface area contributed by atoms with Crippen molar-refractivity contribution < 1.29 is 5.11 Å². The highest BCUT2D eigenvalue weighted by atomic mass is 127. The van der Waals surface area contributed by atoms with Crippen LogP contribution < -0.4 is 5.32 Å². The van der Waals surface area contributed by atoms with Crippen LogP contribution in [0.4, 0.5) is 5.69 Å². The van der Waals surface area contributed by atoms with E-state index in [9.17, 15) is 0 Å². The molecule has 0 radical (unpaired) electrons. The van der Waals surface area contributed by atoms with Crippen molar-refractivity contribution in [3.8, 4) is 0 Å². The molecule has 0 spiro atoms. The number of nitrogens with one attached hydrogen (secondary N) is 1. The second-order valence-electron chi connectivity index (χ2n) is 2.74. The Morgan fingerprint density at radius 1 is 1.42 bits per heavy atom. The lowest BCUT2D eigenvalue weighted by atomic mass is 10.3. The summed E-state index contributed by atoms with van der Waals surface area (Å²) in [4.78, 5) is 0. The third-order valence-corrected chi connectivity index (χ3v) is 2.16. The molecule has 1 aromatic rings. The number of benzene rings is 1. The number of hydrogen-bond donors (Lipinski definition) is 2. The molecule has 3 heteroatoms. The van der Waals surface area contributed by atoms with Crippen LogP contribution in [0.2, 0.25) is 0 Å². The lowest BCUT2D eigenvalue weighted by molar-refractivity contribution is 0.208. The van der Waals surface area contributed by atoms with Crippen molar-refractivity contribution in [1.82, 2.24) is 0 Å². The quantitative estimate of drug-likeness (QED) is 0.829. The number of anilines is 1. The zero-order valence-electron chi connectivity index (χ0n) is 6.92. The molecule has 1 rings (SSSR count). The van der Waals surface area contributed by atoms with Crippen molar-refractivity contribution in [1.29, 1.82) is 0 Å². The van der Waals surface area contributed by atoms with E-state index in [1.54, 1.807) is 6.92 Å². The van der Waals surface area contributed by atoms with Gasteiger partial charge in [-0.1, -0.05) is 0 Å². The summed E-state index contributed by atoms with van der Waals surface area (Å²) in [7, 11) is 0. The van der Waals surface area contributed by atoms with Crippen LogP contribution in [0.3, 0.4) is 0 Å². The summed E-state index contributed by atoms with van der Waals surface area (Å²) < 4.78 is 1.22. The number of hydrogen-bond acceptors (Lipinski definition) is 2. The van der Waals surface area contributed by atoms with E-state index in [0.29, 0.717) is 6.54 Å². The van der Waals surface area contributed by atoms with Gasteiger partial charge in [0.1, 0.15) is 0 Å². The highest BCUT2D eigenvalue weighted by Gasteiger charge is 1.94. The Balaban J connectivity index is 2.48. The molecular weight excluding hydrogens is 265 g/mol. The topological polar surface area (TPSA) is 32.3 Å². The number of halogens is 1. The molecule has 0 aromatic heterocycles. The molecular formula is C9H12INO. The van der Waals surface area contributed by atoms with Crippen molar-refractivity contribution in [2.45, 2.75) is 13.0 Å². The molecule has 0 saturated heterocycles. The summed E-state index contributed by atoms with van der Waals surface area (Å²) in [5, 5.41) is 12.1. The van der Waals surface area contributed by atoms with Crippen molar-refractivity contribution in [3.05, 3.63) is 27.8 Å². The van der Waals surface area contributed by atoms with Gasteiger partial charge < -0.3 is 10.4 Å². The van der Waals surface area contributed by atoms with Crippen molar-refractivity contribution >= 4 is 28.3 Å². The van der Waals surface area contributed by atoms with E-state index in [1.807, 2.05) is 24.3 Å². The van der Waals surface area contributed by atoms with Crippen LogP contribution in [0, 0.1) is 3.57 Å². The summed E-state index contributed by atoms with van der Waals surface area (Å²) in [6.07, 6.45) is -0.302.